The lowest BCUT2D eigenvalue weighted by Crippen LogP contribution is -2.25. The lowest BCUT2D eigenvalue weighted by Gasteiger charge is -2.03. The van der Waals surface area contributed by atoms with Gasteiger partial charge in [-0.3, -0.25) is 10.5 Å². The molecule has 0 aromatic rings. The third kappa shape index (κ3) is 1.93. The molecular weight excluding hydrogens is 104 g/mol. The maximum Gasteiger partial charge on any atom is 0.221 e. The van der Waals surface area contributed by atoms with E-state index < -0.39 is 0 Å². The molecule has 47 valence electrons. The topological polar surface area (TPSA) is 66.9 Å². The Morgan fingerprint density at radius 2 is 2.38 bits per heavy atom. The number of carbonyl (C=O) groups excluding carboxylic acids is 1. The van der Waals surface area contributed by atoms with E-state index in [1.165, 1.54) is 0 Å². The van der Waals surface area contributed by atoms with Crippen molar-refractivity contribution in [2.45, 2.75) is 13.3 Å². The molecule has 0 rings (SSSR count). The van der Waals surface area contributed by atoms with Gasteiger partial charge < -0.3 is 5.73 Å². The number of carbonyl (C=O) groups is 1. The van der Waals surface area contributed by atoms with Crippen molar-refractivity contribution in [3.05, 3.63) is 0 Å². The Kier molecular flexibility index (Phi) is 3.19. The molecule has 1 atom stereocenters. The first-order chi connectivity index (χ1) is 3.72. The van der Waals surface area contributed by atoms with Crippen LogP contribution in [-0.4, -0.2) is 12.5 Å². The van der Waals surface area contributed by atoms with E-state index >= 15 is 0 Å². The number of rotatable bonds is 3. The van der Waals surface area contributed by atoms with E-state index in [0.717, 1.165) is 0 Å². The molecule has 3 N–H and O–H groups in total. The van der Waals surface area contributed by atoms with E-state index in [0.29, 0.717) is 6.42 Å². The van der Waals surface area contributed by atoms with Crippen LogP contribution in [0.4, 0.5) is 0 Å². The van der Waals surface area contributed by atoms with E-state index in [4.69, 9.17) is 11.5 Å². The van der Waals surface area contributed by atoms with E-state index in [9.17, 15) is 4.79 Å². The lowest BCUT2D eigenvalue weighted by molar-refractivity contribution is -0.121. The van der Waals surface area contributed by atoms with Gasteiger partial charge in [-0.05, 0) is 6.42 Å². The van der Waals surface area contributed by atoms with Crippen molar-refractivity contribution in [2.24, 2.45) is 11.7 Å². The van der Waals surface area contributed by atoms with Crippen molar-refractivity contribution in [1.82, 2.24) is 5.73 Å². The van der Waals surface area contributed by atoms with Crippen molar-refractivity contribution in [3.8, 4) is 0 Å². The van der Waals surface area contributed by atoms with Gasteiger partial charge in [0, 0.05) is 6.54 Å². The number of nitrogens with one attached hydrogen (secondary N) is 1. The van der Waals surface area contributed by atoms with Gasteiger partial charge in [0.2, 0.25) is 5.91 Å². The minimum atomic E-state index is -0.359. The summed E-state index contributed by atoms with van der Waals surface area (Å²) in [6, 6.07) is 0. The predicted octanol–water partition coefficient (Wildman–Crippen LogP) is -0.219. The van der Waals surface area contributed by atoms with Gasteiger partial charge in [-0.15, -0.1) is 0 Å². The summed E-state index contributed by atoms with van der Waals surface area (Å²) >= 11 is 0. The Morgan fingerprint density at radius 1 is 1.88 bits per heavy atom. The summed E-state index contributed by atoms with van der Waals surface area (Å²) in [6.45, 7) is 1.97. The van der Waals surface area contributed by atoms with Crippen LogP contribution < -0.4 is 11.5 Å². The molecule has 1 radical (unpaired) electrons. The normalized spacial score (nSPS) is 13.2. The maximum atomic E-state index is 10.3. The fourth-order valence-corrected chi connectivity index (χ4v) is 0.446. The highest BCUT2D eigenvalue weighted by Gasteiger charge is 2.08. The average Bonchev–Trinajstić information content (AvgIpc) is 1.69. The molecule has 0 saturated heterocycles. The summed E-state index contributed by atoms with van der Waals surface area (Å²) < 4.78 is 0. The minimum Gasteiger partial charge on any atom is -0.369 e. The number of hydrogen-bond acceptors (Lipinski definition) is 1. The van der Waals surface area contributed by atoms with Crippen LogP contribution in [0, 0.1) is 5.92 Å². The van der Waals surface area contributed by atoms with Gasteiger partial charge in [-0.25, -0.2) is 0 Å². The molecule has 1 amide bonds. The van der Waals surface area contributed by atoms with Crippen LogP contribution in [0.1, 0.15) is 13.3 Å². The van der Waals surface area contributed by atoms with Crippen molar-refractivity contribution >= 4 is 5.91 Å². The minimum absolute atomic E-state index is 0.117. The number of amides is 1. The zero-order chi connectivity index (χ0) is 6.57. The molecule has 0 heterocycles. The van der Waals surface area contributed by atoms with Crippen molar-refractivity contribution in [3.63, 3.8) is 0 Å². The molecule has 3 nitrogen and oxygen atoms in total. The van der Waals surface area contributed by atoms with Crippen LogP contribution >= 0.6 is 0 Å². The zero-order valence-electron chi connectivity index (χ0n) is 4.98. The Bertz CT molecular complexity index is 78.5. The molecule has 0 spiro atoms. The van der Waals surface area contributed by atoms with Crippen LogP contribution in [-0.2, 0) is 4.79 Å². The maximum absolute atomic E-state index is 10.3. The fourth-order valence-electron chi connectivity index (χ4n) is 0.446. The second kappa shape index (κ2) is 3.43. The molecule has 0 aliphatic rings. The first-order valence-electron chi connectivity index (χ1n) is 2.66. The summed E-state index contributed by atoms with van der Waals surface area (Å²) in [5.74, 6) is -0.600. The van der Waals surface area contributed by atoms with E-state index in [1.54, 1.807) is 0 Å². The molecule has 3 heteroatoms. The number of hydrogen-bond donors (Lipinski definition) is 1. The van der Waals surface area contributed by atoms with Gasteiger partial charge in [0.1, 0.15) is 0 Å². The molecule has 0 aromatic carbocycles. The standard InChI is InChI=1S/C5H11N2O/c1-2-4(3-6)5(7)8/h4,6H,2-3H2,1H3,(H2,7,8). The molecule has 0 fully saturated rings. The summed E-state index contributed by atoms with van der Waals surface area (Å²) in [5, 5.41) is 0. The largest absolute Gasteiger partial charge is 0.369 e. The molecule has 0 bridgehead atoms. The number of primary amides is 1. The number of nitrogens with two attached hydrogens (primary N) is 1. The van der Waals surface area contributed by atoms with Crippen molar-refractivity contribution < 1.29 is 4.79 Å². The monoisotopic (exact) mass is 115 g/mol. The van der Waals surface area contributed by atoms with Crippen LogP contribution in [0.15, 0.2) is 0 Å². The highest BCUT2D eigenvalue weighted by Crippen LogP contribution is 1.96. The van der Waals surface area contributed by atoms with Crippen LogP contribution in [0.3, 0.4) is 0 Å². The summed E-state index contributed by atoms with van der Waals surface area (Å²) in [5.41, 5.74) is 11.7. The Labute approximate surface area is 49.0 Å². The Morgan fingerprint density at radius 3 is 2.38 bits per heavy atom. The third-order valence-corrected chi connectivity index (χ3v) is 1.14. The van der Waals surface area contributed by atoms with Gasteiger partial charge >= 0.3 is 0 Å². The van der Waals surface area contributed by atoms with Gasteiger partial charge in [0.05, 0.1) is 5.92 Å². The summed E-state index contributed by atoms with van der Waals surface area (Å²) in [6.07, 6.45) is 0.679. The first-order valence-corrected chi connectivity index (χ1v) is 2.66. The molecule has 8 heavy (non-hydrogen) atoms. The van der Waals surface area contributed by atoms with Gasteiger partial charge in [-0.2, -0.15) is 0 Å². The summed E-state index contributed by atoms with van der Waals surface area (Å²) in [4.78, 5) is 10.3. The highest BCUT2D eigenvalue weighted by atomic mass is 16.1. The summed E-state index contributed by atoms with van der Waals surface area (Å²) in [7, 11) is 0. The molecule has 0 aliphatic heterocycles. The average molecular weight is 115 g/mol. The molecule has 0 aliphatic carbocycles. The second-order valence-corrected chi connectivity index (χ2v) is 1.71. The molecule has 1 unspecified atom stereocenters. The van der Waals surface area contributed by atoms with Crippen LogP contribution in [0.2, 0.25) is 0 Å². The zero-order valence-corrected chi connectivity index (χ0v) is 4.98. The quantitative estimate of drug-likeness (QED) is 0.543. The van der Waals surface area contributed by atoms with Crippen LogP contribution in [0.25, 0.3) is 0 Å². The molecule has 0 saturated carbocycles. The van der Waals surface area contributed by atoms with Crippen molar-refractivity contribution in [1.29, 1.82) is 0 Å². The first kappa shape index (κ1) is 7.43. The lowest BCUT2D eigenvalue weighted by atomic mass is 10.1. The fraction of sp³-hybridized carbons (Fsp3) is 0.800. The van der Waals surface area contributed by atoms with Crippen LogP contribution in [0.5, 0.6) is 0 Å². The van der Waals surface area contributed by atoms with E-state index in [2.05, 4.69) is 0 Å². The van der Waals surface area contributed by atoms with Gasteiger partial charge in [-0.1, -0.05) is 6.92 Å². The SMILES string of the molecule is CCC(C[NH])C(N)=O. The smallest absolute Gasteiger partial charge is 0.221 e. The molecular formula is C5H11N2O. The molecule has 0 aromatic heterocycles. The van der Waals surface area contributed by atoms with Gasteiger partial charge in [0.25, 0.3) is 0 Å². The second-order valence-electron chi connectivity index (χ2n) is 1.71. The Hall–Kier alpha value is -0.570. The van der Waals surface area contributed by atoms with E-state index in [-0.39, 0.29) is 18.4 Å². The Balaban J connectivity index is 3.52. The van der Waals surface area contributed by atoms with Gasteiger partial charge in [0.15, 0.2) is 0 Å². The third-order valence-electron chi connectivity index (χ3n) is 1.14. The van der Waals surface area contributed by atoms with Crippen molar-refractivity contribution in [2.75, 3.05) is 6.54 Å². The predicted molar refractivity (Wildman–Crippen MR) is 30.9 cm³/mol. The highest BCUT2D eigenvalue weighted by molar-refractivity contribution is 5.76. The van der Waals surface area contributed by atoms with E-state index in [1.807, 2.05) is 6.92 Å².